The lowest BCUT2D eigenvalue weighted by molar-refractivity contribution is -0.385. The normalized spacial score (nSPS) is 17.5. The molecule has 0 unspecified atom stereocenters. The minimum atomic E-state index is -0.667. The highest BCUT2D eigenvalue weighted by atomic mass is 32.2. The van der Waals surface area contributed by atoms with Crippen LogP contribution in [0, 0.1) is 10.1 Å². The molecular formula is C22H20N4O6S. The van der Waals surface area contributed by atoms with Gasteiger partial charge in [0, 0.05) is 19.2 Å². The van der Waals surface area contributed by atoms with Gasteiger partial charge in [-0.3, -0.25) is 29.4 Å². The van der Waals surface area contributed by atoms with Gasteiger partial charge in [0.2, 0.25) is 5.91 Å². The Morgan fingerprint density at radius 3 is 2.58 bits per heavy atom. The molecule has 0 radical (unpaired) electrons. The molecule has 4 rings (SSSR count). The molecule has 2 aliphatic heterocycles. The molecule has 0 aliphatic carbocycles. The maximum absolute atomic E-state index is 12.7. The Hall–Kier alpha value is -3.70. The fraction of sp³-hybridized carbons (Fsp3) is 0.227. The van der Waals surface area contributed by atoms with Crippen LogP contribution >= 0.6 is 11.8 Å². The number of benzene rings is 2. The fourth-order valence-corrected chi connectivity index (χ4v) is 4.38. The van der Waals surface area contributed by atoms with Gasteiger partial charge in [0.25, 0.3) is 16.8 Å². The monoisotopic (exact) mass is 468 g/mol. The third kappa shape index (κ3) is 5.04. The van der Waals surface area contributed by atoms with Crippen LogP contribution in [0.2, 0.25) is 0 Å². The number of thioether (sulfide) groups is 1. The Morgan fingerprint density at radius 2 is 1.82 bits per heavy atom. The minimum Gasteiger partial charge on any atom is -0.378 e. The maximum atomic E-state index is 12.7. The number of rotatable bonds is 6. The van der Waals surface area contributed by atoms with Gasteiger partial charge >= 0.3 is 0 Å². The van der Waals surface area contributed by atoms with Gasteiger partial charge in [-0.2, -0.15) is 0 Å². The van der Waals surface area contributed by atoms with Crippen LogP contribution in [0.25, 0.3) is 6.08 Å². The van der Waals surface area contributed by atoms with E-state index >= 15 is 0 Å². The first-order chi connectivity index (χ1) is 15.9. The van der Waals surface area contributed by atoms with Crippen molar-refractivity contribution in [2.45, 2.75) is 0 Å². The van der Waals surface area contributed by atoms with Crippen LogP contribution in [0.15, 0.2) is 53.4 Å². The van der Waals surface area contributed by atoms with Crippen molar-refractivity contribution in [1.82, 2.24) is 4.90 Å². The van der Waals surface area contributed by atoms with Crippen molar-refractivity contribution in [3.8, 4) is 0 Å². The molecule has 170 valence electrons. The first kappa shape index (κ1) is 22.5. The van der Waals surface area contributed by atoms with Crippen LogP contribution in [-0.4, -0.2) is 59.7 Å². The van der Waals surface area contributed by atoms with E-state index in [4.69, 9.17) is 4.74 Å². The first-order valence-corrected chi connectivity index (χ1v) is 11.0. The van der Waals surface area contributed by atoms with Gasteiger partial charge in [0.1, 0.15) is 6.54 Å². The summed E-state index contributed by atoms with van der Waals surface area (Å²) in [7, 11) is 0. The number of nitrogens with zero attached hydrogens (tertiary/aromatic N) is 3. The lowest BCUT2D eigenvalue weighted by Gasteiger charge is -2.30. The van der Waals surface area contributed by atoms with Crippen LogP contribution in [-0.2, 0) is 14.3 Å². The Labute approximate surface area is 193 Å². The quantitative estimate of drug-likeness (QED) is 0.390. The van der Waals surface area contributed by atoms with Crippen molar-refractivity contribution >= 4 is 52.0 Å². The van der Waals surface area contributed by atoms with Gasteiger partial charge in [0.05, 0.1) is 40.0 Å². The number of ether oxygens (including phenoxy) is 1. The Kier molecular flexibility index (Phi) is 6.71. The average molecular weight is 468 g/mol. The number of carbonyl (C=O) groups excluding carboxylic acids is 3. The summed E-state index contributed by atoms with van der Waals surface area (Å²) in [6.45, 7) is 2.09. The molecular weight excluding hydrogens is 448 g/mol. The summed E-state index contributed by atoms with van der Waals surface area (Å²) in [6.07, 6.45) is 1.30. The van der Waals surface area contributed by atoms with Crippen LogP contribution in [0.5, 0.6) is 0 Å². The van der Waals surface area contributed by atoms with Crippen molar-refractivity contribution in [3.63, 3.8) is 0 Å². The van der Waals surface area contributed by atoms with Crippen molar-refractivity contribution in [2.75, 3.05) is 43.1 Å². The number of morpholine rings is 1. The van der Waals surface area contributed by atoms with Gasteiger partial charge in [-0.25, -0.2) is 0 Å². The summed E-state index contributed by atoms with van der Waals surface area (Å²) in [5.74, 6) is -1.19. The van der Waals surface area contributed by atoms with Crippen molar-refractivity contribution in [3.05, 3.63) is 69.1 Å². The zero-order chi connectivity index (χ0) is 23.4. The van der Waals surface area contributed by atoms with Crippen molar-refractivity contribution < 1.29 is 24.0 Å². The largest absolute Gasteiger partial charge is 0.378 e. The smallest absolute Gasteiger partial charge is 0.294 e. The molecule has 10 nitrogen and oxygen atoms in total. The van der Waals surface area contributed by atoms with E-state index < -0.39 is 28.5 Å². The average Bonchev–Trinajstić information content (AvgIpc) is 3.07. The van der Waals surface area contributed by atoms with Gasteiger partial charge in [0.15, 0.2) is 0 Å². The number of nitrogens with one attached hydrogen (secondary N) is 1. The highest BCUT2D eigenvalue weighted by Gasteiger charge is 2.36. The third-order valence-electron chi connectivity index (χ3n) is 5.13. The third-order valence-corrected chi connectivity index (χ3v) is 6.03. The first-order valence-electron chi connectivity index (χ1n) is 10.1. The number of nitro benzene ring substituents is 1. The van der Waals surface area contributed by atoms with E-state index in [2.05, 4.69) is 10.2 Å². The predicted molar refractivity (Wildman–Crippen MR) is 124 cm³/mol. The lowest BCUT2D eigenvalue weighted by Crippen LogP contribution is -2.38. The highest BCUT2D eigenvalue weighted by Crippen LogP contribution is 2.34. The van der Waals surface area contributed by atoms with E-state index in [0.29, 0.717) is 43.8 Å². The number of nitro groups is 1. The zero-order valence-electron chi connectivity index (χ0n) is 17.4. The summed E-state index contributed by atoms with van der Waals surface area (Å²) in [6, 6.07) is 13.2. The molecule has 2 fully saturated rings. The van der Waals surface area contributed by atoms with Crippen LogP contribution in [0.4, 0.5) is 21.9 Å². The molecule has 33 heavy (non-hydrogen) atoms. The molecule has 0 saturated carbocycles. The van der Waals surface area contributed by atoms with Crippen LogP contribution < -0.4 is 10.2 Å². The van der Waals surface area contributed by atoms with Gasteiger partial charge in [-0.15, -0.1) is 0 Å². The summed E-state index contributed by atoms with van der Waals surface area (Å²) >= 11 is 0.645. The molecule has 11 heteroatoms. The summed E-state index contributed by atoms with van der Waals surface area (Å²) in [5, 5.41) is 13.4. The number of para-hydroxylation sites is 3. The summed E-state index contributed by atoms with van der Waals surface area (Å²) in [5.41, 5.74) is 1.44. The number of hydrogen-bond acceptors (Lipinski definition) is 8. The molecule has 0 aromatic heterocycles. The van der Waals surface area contributed by atoms with Crippen LogP contribution in [0.1, 0.15) is 5.56 Å². The second-order valence-corrected chi connectivity index (χ2v) is 8.24. The van der Waals surface area contributed by atoms with Gasteiger partial charge in [-0.1, -0.05) is 24.3 Å². The number of anilines is 2. The molecule has 0 spiro atoms. The van der Waals surface area contributed by atoms with E-state index in [0.717, 1.165) is 10.6 Å². The molecule has 0 atom stereocenters. The molecule has 2 aromatic carbocycles. The number of hydrogen-bond donors (Lipinski definition) is 1. The van der Waals surface area contributed by atoms with E-state index in [9.17, 15) is 24.5 Å². The molecule has 2 heterocycles. The van der Waals surface area contributed by atoms with E-state index in [1.807, 2.05) is 12.1 Å². The molecule has 2 saturated heterocycles. The summed E-state index contributed by atoms with van der Waals surface area (Å²) < 4.78 is 5.37. The van der Waals surface area contributed by atoms with E-state index in [1.54, 1.807) is 18.2 Å². The van der Waals surface area contributed by atoms with E-state index in [-0.39, 0.29) is 16.2 Å². The van der Waals surface area contributed by atoms with Gasteiger partial charge in [-0.05, 0) is 36.0 Å². The topological polar surface area (TPSA) is 122 Å². The van der Waals surface area contributed by atoms with Crippen LogP contribution in [0.3, 0.4) is 0 Å². The fourth-order valence-electron chi connectivity index (χ4n) is 3.55. The highest BCUT2D eigenvalue weighted by molar-refractivity contribution is 8.18. The minimum absolute atomic E-state index is 0.0239. The standard InChI is InChI=1S/C22H20N4O6S/c27-20(23-16-6-2-4-8-18(16)24-9-11-32-12-10-24)14-25-21(28)19(33-22(25)29)13-15-5-1-3-7-17(15)26(30)31/h1-8,13H,9-12,14H2,(H,23,27)/b19-13+. The van der Waals surface area contributed by atoms with E-state index in [1.165, 1.54) is 24.3 Å². The number of imide groups is 1. The second-order valence-electron chi connectivity index (χ2n) is 7.25. The molecule has 3 amide bonds. The molecule has 0 bridgehead atoms. The SMILES string of the molecule is O=C(CN1C(=O)S/C(=C/c2ccccc2[N+](=O)[O-])C1=O)Nc1ccccc1N1CCOCC1. The Morgan fingerprint density at radius 1 is 1.12 bits per heavy atom. The number of amides is 3. The molecule has 2 aromatic rings. The lowest BCUT2D eigenvalue weighted by atomic mass is 10.1. The van der Waals surface area contributed by atoms with Crippen molar-refractivity contribution in [1.29, 1.82) is 0 Å². The van der Waals surface area contributed by atoms with Crippen molar-refractivity contribution in [2.24, 2.45) is 0 Å². The number of carbonyl (C=O) groups is 3. The zero-order valence-corrected chi connectivity index (χ0v) is 18.2. The van der Waals surface area contributed by atoms with Gasteiger partial charge < -0.3 is 15.0 Å². The Balaban J connectivity index is 1.47. The summed E-state index contributed by atoms with van der Waals surface area (Å²) in [4.78, 5) is 51.4. The maximum Gasteiger partial charge on any atom is 0.294 e. The predicted octanol–water partition coefficient (Wildman–Crippen LogP) is 3.11. The molecule has 1 N–H and O–H groups in total. The second kappa shape index (κ2) is 9.84. The molecule has 2 aliphatic rings. The Bertz CT molecular complexity index is 1150.